The molecule has 2 aliphatic rings. The number of anilines is 2. The van der Waals surface area contributed by atoms with E-state index in [1.165, 1.54) is 0 Å². The van der Waals surface area contributed by atoms with Crippen LogP contribution < -0.4 is 10.6 Å². The van der Waals surface area contributed by atoms with Crippen LogP contribution in [-0.4, -0.2) is 52.9 Å². The van der Waals surface area contributed by atoms with Gasteiger partial charge in [0.15, 0.2) is 0 Å². The Labute approximate surface area is 160 Å². The zero-order valence-electron chi connectivity index (χ0n) is 15.5. The summed E-state index contributed by atoms with van der Waals surface area (Å²) >= 11 is 1.57. The van der Waals surface area contributed by atoms with Crippen LogP contribution in [0.2, 0.25) is 0 Å². The maximum absolute atomic E-state index is 12.6. The maximum Gasteiger partial charge on any atom is 0.420 e. The zero-order valence-corrected chi connectivity index (χ0v) is 16.3. The van der Waals surface area contributed by atoms with Crippen molar-refractivity contribution < 1.29 is 19.1 Å². The summed E-state index contributed by atoms with van der Waals surface area (Å²) in [5, 5.41) is 1.97. The van der Waals surface area contributed by atoms with Crippen molar-refractivity contribution in [2.24, 2.45) is 0 Å². The van der Waals surface area contributed by atoms with E-state index in [4.69, 9.17) is 15.2 Å². The molecule has 2 aliphatic heterocycles. The lowest BCUT2D eigenvalue weighted by atomic mass is 10.0. The lowest BCUT2D eigenvalue weighted by Crippen LogP contribution is -2.53. The van der Waals surface area contributed by atoms with Gasteiger partial charge in [-0.1, -0.05) is 0 Å². The number of nitrogens with two attached hydrogens (primary N) is 1. The summed E-state index contributed by atoms with van der Waals surface area (Å²) in [6, 6.07) is 1.54. The fraction of sp³-hybridized carbons (Fsp3) is 0.500. The molecule has 2 fully saturated rings. The molecule has 2 unspecified atom stereocenters. The van der Waals surface area contributed by atoms with E-state index in [9.17, 15) is 9.59 Å². The van der Waals surface area contributed by atoms with Crippen LogP contribution in [0.4, 0.5) is 21.0 Å². The number of aromatic nitrogens is 1. The number of nitrogens with zero attached hydrogens (tertiary/aromatic N) is 3. The van der Waals surface area contributed by atoms with Crippen LogP contribution in [0.25, 0.3) is 10.2 Å². The number of fused-ring (bicyclic) bond motifs is 2. The molecule has 2 aromatic heterocycles. The van der Waals surface area contributed by atoms with Gasteiger partial charge in [0.1, 0.15) is 17.7 Å². The Kier molecular flexibility index (Phi) is 4.14. The molecule has 0 aromatic carbocycles. The number of ether oxygens (including phenoxy) is 2. The second-order valence-electron chi connectivity index (χ2n) is 7.77. The molecule has 0 radical (unpaired) electrons. The molecule has 2 saturated heterocycles. The van der Waals surface area contributed by atoms with Gasteiger partial charge in [0.05, 0.1) is 27.8 Å². The predicted molar refractivity (Wildman–Crippen MR) is 103 cm³/mol. The monoisotopic (exact) mass is 390 g/mol. The summed E-state index contributed by atoms with van der Waals surface area (Å²) in [6.45, 7) is 6.42. The number of hydrogen-bond acceptors (Lipinski definition) is 8. The van der Waals surface area contributed by atoms with Gasteiger partial charge >= 0.3 is 12.2 Å². The number of amides is 2. The van der Waals surface area contributed by atoms with Gasteiger partial charge < -0.3 is 20.1 Å². The normalized spacial score (nSPS) is 22.7. The van der Waals surface area contributed by atoms with E-state index in [2.05, 4.69) is 9.88 Å². The van der Waals surface area contributed by atoms with Crippen molar-refractivity contribution in [1.82, 2.24) is 9.88 Å². The molecule has 144 valence electrons. The van der Waals surface area contributed by atoms with E-state index in [0.29, 0.717) is 25.2 Å². The first-order valence-electron chi connectivity index (χ1n) is 8.84. The minimum atomic E-state index is -0.692. The molecule has 0 aliphatic carbocycles. The summed E-state index contributed by atoms with van der Waals surface area (Å²) in [5.41, 5.74) is 7.89. The van der Waals surface area contributed by atoms with Crippen molar-refractivity contribution >= 4 is 45.1 Å². The van der Waals surface area contributed by atoms with Crippen molar-refractivity contribution in [3.63, 3.8) is 0 Å². The zero-order chi connectivity index (χ0) is 19.3. The molecule has 0 saturated carbocycles. The second-order valence-corrected chi connectivity index (χ2v) is 8.69. The standard InChI is InChI=1S/C18H22N4O4S/c1-18(2,3)26-17(24)22-12-9-21(6-4-13(12)25-16(22)23)14-10(19)8-20-11-5-7-27-15(11)14/h5,7-8,12-13H,4,6,9,19H2,1-3H3. The minimum absolute atomic E-state index is 0.330. The molecule has 4 rings (SSSR count). The molecule has 2 atom stereocenters. The van der Waals surface area contributed by atoms with Crippen LogP contribution in [0.3, 0.4) is 0 Å². The number of thiophene rings is 1. The minimum Gasteiger partial charge on any atom is -0.443 e. The third-order valence-electron chi connectivity index (χ3n) is 4.68. The fourth-order valence-corrected chi connectivity index (χ4v) is 4.51. The van der Waals surface area contributed by atoms with E-state index < -0.39 is 23.8 Å². The number of carbonyl (C=O) groups is 2. The molecular formula is C18H22N4O4S. The first-order chi connectivity index (χ1) is 12.7. The molecule has 4 heterocycles. The van der Waals surface area contributed by atoms with Crippen LogP contribution in [0, 0.1) is 0 Å². The summed E-state index contributed by atoms with van der Waals surface area (Å²) < 4.78 is 11.8. The van der Waals surface area contributed by atoms with Crippen molar-refractivity contribution in [2.45, 2.75) is 44.9 Å². The number of rotatable bonds is 1. The van der Waals surface area contributed by atoms with Crippen LogP contribution in [0.15, 0.2) is 17.6 Å². The lowest BCUT2D eigenvalue weighted by Gasteiger charge is -2.37. The van der Waals surface area contributed by atoms with Gasteiger partial charge in [-0.15, -0.1) is 11.3 Å². The molecule has 2 aromatic rings. The Morgan fingerprint density at radius 1 is 1.44 bits per heavy atom. The third-order valence-corrected chi connectivity index (χ3v) is 5.59. The first kappa shape index (κ1) is 17.8. The SMILES string of the molecule is CC(C)(C)OC(=O)N1C(=O)OC2CCN(c3c(N)cnc4ccsc34)CC21. The summed E-state index contributed by atoms with van der Waals surface area (Å²) in [6.07, 6.45) is 0.613. The average Bonchev–Trinajstić information content (AvgIpc) is 3.15. The van der Waals surface area contributed by atoms with E-state index in [0.717, 1.165) is 20.8 Å². The summed E-state index contributed by atoms with van der Waals surface area (Å²) in [7, 11) is 0. The Morgan fingerprint density at radius 3 is 2.96 bits per heavy atom. The number of imide groups is 1. The van der Waals surface area contributed by atoms with E-state index in [1.54, 1.807) is 38.3 Å². The van der Waals surface area contributed by atoms with Crippen LogP contribution in [-0.2, 0) is 9.47 Å². The van der Waals surface area contributed by atoms with Crippen molar-refractivity contribution in [2.75, 3.05) is 23.7 Å². The number of pyridine rings is 1. The highest BCUT2D eigenvalue weighted by molar-refractivity contribution is 7.17. The van der Waals surface area contributed by atoms with Crippen molar-refractivity contribution in [3.05, 3.63) is 17.6 Å². The Balaban J connectivity index is 1.63. The van der Waals surface area contributed by atoms with Crippen LogP contribution in [0.5, 0.6) is 0 Å². The first-order valence-corrected chi connectivity index (χ1v) is 9.72. The van der Waals surface area contributed by atoms with Gasteiger partial charge in [0.2, 0.25) is 0 Å². The molecule has 8 nitrogen and oxygen atoms in total. The molecule has 0 spiro atoms. The fourth-order valence-electron chi connectivity index (χ4n) is 3.58. The van der Waals surface area contributed by atoms with Crippen molar-refractivity contribution in [1.29, 1.82) is 0 Å². The van der Waals surface area contributed by atoms with Crippen molar-refractivity contribution in [3.8, 4) is 0 Å². The van der Waals surface area contributed by atoms with Gasteiger partial charge in [-0.2, -0.15) is 0 Å². The number of hydrogen-bond donors (Lipinski definition) is 1. The lowest BCUT2D eigenvalue weighted by molar-refractivity contribution is 0.0285. The van der Waals surface area contributed by atoms with E-state index in [1.807, 2.05) is 11.4 Å². The smallest absolute Gasteiger partial charge is 0.420 e. The van der Waals surface area contributed by atoms with Gasteiger partial charge in [-0.25, -0.2) is 14.5 Å². The molecule has 0 bridgehead atoms. The van der Waals surface area contributed by atoms with Gasteiger partial charge in [-0.3, -0.25) is 4.98 Å². The highest BCUT2D eigenvalue weighted by Crippen LogP contribution is 2.38. The van der Waals surface area contributed by atoms with Gasteiger partial charge in [-0.05, 0) is 32.2 Å². The van der Waals surface area contributed by atoms with Crippen LogP contribution >= 0.6 is 11.3 Å². The number of carbonyl (C=O) groups excluding carboxylic acids is 2. The molecule has 9 heteroatoms. The molecule has 2 N–H and O–H groups in total. The summed E-state index contributed by atoms with van der Waals surface area (Å²) in [4.78, 5) is 32.4. The van der Waals surface area contributed by atoms with Gasteiger partial charge in [0, 0.05) is 19.5 Å². The van der Waals surface area contributed by atoms with E-state index in [-0.39, 0.29) is 6.10 Å². The molecule has 2 amide bonds. The highest BCUT2D eigenvalue weighted by atomic mass is 32.1. The Hall–Kier alpha value is -2.55. The largest absolute Gasteiger partial charge is 0.443 e. The third kappa shape index (κ3) is 3.16. The Bertz CT molecular complexity index is 906. The van der Waals surface area contributed by atoms with Crippen LogP contribution in [0.1, 0.15) is 27.2 Å². The second kappa shape index (κ2) is 6.26. The summed E-state index contributed by atoms with van der Waals surface area (Å²) in [5.74, 6) is 0. The van der Waals surface area contributed by atoms with Gasteiger partial charge in [0.25, 0.3) is 0 Å². The van der Waals surface area contributed by atoms with E-state index >= 15 is 0 Å². The quantitative estimate of drug-likeness (QED) is 0.798. The topological polar surface area (TPSA) is 98.0 Å². The number of nitrogen functional groups attached to an aromatic ring is 1. The number of piperidine rings is 1. The predicted octanol–water partition coefficient (Wildman–Crippen LogP) is 3.21. The molecule has 27 heavy (non-hydrogen) atoms. The highest BCUT2D eigenvalue weighted by Gasteiger charge is 2.49. The average molecular weight is 390 g/mol. The maximum atomic E-state index is 12.6. The Morgan fingerprint density at radius 2 is 2.22 bits per heavy atom. The molecular weight excluding hydrogens is 368 g/mol.